The molecule has 1 aromatic carbocycles. The summed E-state index contributed by atoms with van der Waals surface area (Å²) in [6.07, 6.45) is 3.26. The summed E-state index contributed by atoms with van der Waals surface area (Å²) in [6, 6.07) is 9.17. The van der Waals surface area contributed by atoms with E-state index < -0.39 is 0 Å². The molecular formula is C17H18N2O3S. The van der Waals surface area contributed by atoms with E-state index in [-0.39, 0.29) is 24.4 Å². The zero-order valence-electron chi connectivity index (χ0n) is 12.7. The SMILES string of the molecule is O=C(OCc1nccs1)C1CCCN(C(=O)c2ccccc2)C1. The van der Waals surface area contributed by atoms with Crippen LogP contribution in [0.5, 0.6) is 0 Å². The van der Waals surface area contributed by atoms with Gasteiger partial charge in [-0.2, -0.15) is 0 Å². The third-order valence-corrected chi connectivity index (χ3v) is 4.64. The van der Waals surface area contributed by atoms with Gasteiger partial charge >= 0.3 is 5.97 Å². The summed E-state index contributed by atoms with van der Waals surface area (Å²) in [5.74, 6) is -0.523. The lowest BCUT2D eigenvalue weighted by Crippen LogP contribution is -2.42. The van der Waals surface area contributed by atoms with Crippen LogP contribution in [-0.4, -0.2) is 34.8 Å². The fourth-order valence-electron chi connectivity index (χ4n) is 2.69. The topological polar surface area (TPSA) is 59.5 Å². The van der Waals surface area contributed by atoms with Gasteiger partial charge in [0.15, 0.2) is 0 Å². The van der Waals surface area contributed by atoms with Crippen molar-refractivity contribution in [1.82, 2.24) is 9.88 Å². The molecule has 0 spiro atoms. The number of thiazole rings is 1. The van der Waals surface area contributed by atoms with Crippen molar-refractivity contribution >= 4 is 23.2 Å². The van der Waals surface area contributed by atoms with Gasteiger partial charge in [0.25, 0.3) is 5.91 Å². The number of benzene rings is 1. The van der Waals surface area contributed by atoms with Crippen molar-refractivity contribution in [3.8, 4) is 0 Å². The Labute approximate surface area is 138 Å². The summed E-state index contributed by atoms with van der Waals surface area (Å²) >= 11 is 1.46. The smallest absolute Gasteiger partial charge is 0.311 e. The van der Waals surface area contributed by atoms with Gasteiger partial charge in [-0.05, 0) is 25.0 Å². The Kier molecular flexibility index (Phi) is 5.02. The third kappa shape index (κ3) is 3.96. The van der Waals surface area contributed by atoms with Crippen molar-refractivity contribution in [2.24, 2.45) is 5.92 Å². The predicted molar refractivity (Wildman–Crippen MR) is 87.0 cm³/mol. The highest BCUT2D eigenvalue weighted by Crippen LogP contribution is 2.20. The van der Waals surface area contributed by atoms with Crippen molar-refractivity contribution in [3.63, 3.8) is 0 Å². The second-order valence-corrected chi connectivity index (χ2v) is 6.47. The minimum atomic E-state index is -0.253. The summed E-state index contributed by atoms with van der Waals surface area (Å²) in [5, 5.41) is 2.63. The standard InChI is InChI=1S/C17H18N2O3S/c20-16(13-5-2-1-3-6-13)19-9-4-7-14(11-19)17(21)22-12-15-18-8-10-23-15/h1-3,5-6,8,10,14H,4,7,9,11-12H2. The number of likely N-dealkylation sites (tertiary alicyclic amines) is 1. The van der Waals surface area contributed by atoms with Gasteiger partial charge < -0.3 is 9.64 Å². The van der Waals surface area contributed by atoms with Gasteiger partial charge in [-0.3, -0.25) is 9.59 Å². The lowest BCUT2D eigenvalue weighted by Gasteiger charge is -2.31. The molecule has 23 heavy (non-hydrogen) atoms. The average molecular weight is 330 g/mol. The zero-order chi connectivity index (χ0) is 16.1. The number of esters is 1. The molecule has 0 saturated carbocycles. The fraction of sp³-hybridized carbons (Fsp3) is 0.353. The van der Waals surface area contributed by atoms with Crippen LogP contribution in [0.4, 0.5) is 0 Å². The summed E-state index contributed by atoms with van der Waals surface area (Å²) < 4.78 is 5.33. The maximum atomic E-state index is 12.5. The molecular weight excluding hydrogens is 312 g/mol. The second kappa shape index (κ2) is 7.37. The van der Waals surface area contributed by atoms with Crippen molar-refractivity contribution in [1.29, 1.82) is 0 Å². The number of rotatable bonds is 4. The average Bonchev–Trinajstić information content (AvgIpc) is 3.13. The van der Waals surface area contributed by atoms with Crippen molar-refractivity contribution < 1.29 is 14.3 Å². The molecule has 1 atom stereocenters. The molecule has 0 bridgehead atoms. The summed E-state index contributed by atoms with van der Waals surface area (Å²) in [7, 11) is 0. The first-order valence-electron chi connectivity index (χ1n) is 7.63. The Balaban J connectivity index is 1.57. The molecule has 5 nitrogen and oxygen atoms in total. The maximum Gasteiger partial charge on any atom is 0.311 e. The van der Waals surface area contributed by atoms with Crippen LogP contribution in [0.3, 0.4) is 0 Å². The van der Waals surface area contributed by atoms with Gasteiger partial charge in [0.2, 0.25) is 0 Å². The van der Waals surface area contributed by atoms with Crippen LogP contribution < -0.4 is 0 Å². The Morgan fingerprint density at radius 2 is 2.13 bits per heavy atom. The van der Waals surface area contributed by atoms with Crippen LogP contribution in [0.25, 0.3) is 0 Å². The highest BCUT2D eigenvalue weighted by molar-refractivity contribution is 7.09. The monoisotopic (exact) mass is 330 g/mol. The van der Waals surface area contributed by atoms with E-state index in [0.717, 1.165) is 17.8 Å². The highest BCUT2D eigenvalue weighted by Gasteiger charge is 2.30. The molecule has 1 aliphatic heterocycles. The first kappa shape index (κ1) is 15.7. The number of carbonyl (C=O) groups excluding carboxylic acids is 2. The van der Waals surface area contributed by atoms with Gasteiger partial charge in [-0.1, -0.05) is 18.2 Å². The van der Waals surface area contributed by atoms with Crippen LogP contribution in [0.1, 0.15) is 28.2 Å². The first-order valence-corrected chi connectivity index (χ1v) is 8.51. The highest BCUT2D eigenvalue weighted by atomic mass is 32.1. The van der Waals surface area contributed by atoms with E-state index in [2.05, 4.69) is 4.98 Å². The van der Waals surface area contributed by atoms with E-state index in [1.165, 1.54) is 11.3 Å². The Hall–Kier alpha value is -2.21. The van der Waals surface area contributed by atoms with Gasteiger partial charge in [0.05, 0.1) is 5.92 Å². The molecule has 1 unspecified atom stereocenters. The molecule has 1 saturated heterocycles. The molecule has 1 aliphatic rings. The minimum Gasteiger partial charge on any atom is -0.458 e. The quantitative estimate of drug-likeness (QED) is 0.809. The number of nitrogens with zero attached hydrogens (tertiary/aromatic N) is 2. The Morgan fingerprint density at radius 1 is 1.30 bits per heavy atom. The minimum absolute atomic E-state index is 0.0250. The van der Waals surface area contributed by atoms with E-state index in [0.29, 0.717) is 18.7 Å². The van der Waals surface area contributed by atoms with Crippen molar-refractivity contribution in [2.75, 3.05) is 13.1 Å². The molecule has 0 aliphatic carbocycles. The number of ether oxygens (including phenoxy) is 1. The predicted octanol–water partition coefficient (Wildman–Crippen LogP) is 2.74. The van der Waals surface area contributed by atoms with Crippen molar-refractivity contribution in [2.45, 2.75) is 19.4 Å². The molecule has 2 aromatic rings. The number of amides is 1. The first-order chi connectivity index (χ1) is 11.2. The molecule has 0 N–H and O–H groups in total. The van der Waals surface area contributed by atoms with Crippen LogP contribution in [0.2, 0.25) is 0 Å². The molecule has 120 valence electrons. The van der Waals surface area contributed by atoms with E-state index >= 15 is 0 Å². The van der Waals surface area contributed by atoms with Gasteiger partial charge in [0.1, 0.15) is 11.6 Å². The summed E-state index contributed by atoms with van der Waals surface area (Å²) in [5.41, 5.74) is 0.657. The lowest BCUT2D eigenvalue weighted by molar-refractivity contribution is -0.151. The van der Waals surface area contributed by atoms with E-state index in [1.807, 2.05) is 23.6 Å². The van der Waals surface area contributed by atoms with Gasteiger partial charge in [0, 0.05) is 30.2 Å². The molecule has 0 radical (unpaired) electrons. The summed E-state index contributed by atoms with van der Waals surface area (Å²) in [4.78, 5) is 30.5. The molecule has 3 rings (SSSR count). The van der Waals surface area contributed by atoms with E-state index in [1.54, 1.807) is 23.2 Å². The Morgan fingerprint density at radius 3 is 2.87 bits per heavy atom. The fourth-order valence-corrected chi connectivity index (χ4v) is 3.22. The number of aromatic nitrogens is 1. The van der Waals surface area contributed by atoms with Gasteiger partial charge in [-0.25, -0.2) is 4.98 Å². The van der Waals surface area contributed by atoms with Crippen molar-refractivity contribution in [3.05, 3.63) is 52.5 Å². The van der Waals surface area contributed by atoms with Gasteiger partial charge in [-0.15, -0.1) is 11.3 Å². The summed E-state index contributed by atoms with van der Waals surface area (Å²) in [6.45, 7) is 1.31. The Bertz CT molecular complexity index is 658. The van der Waals surface area contributed by atoms with E-state index in [9.17, 15) is 9.59 Å². The van der Waals surface area contributed by atoms with E-state index in [4.69, 9.17) is 4.74 Å². The molecule has 2 heterocycles. The second-order valence-electron chi connectivity index (χ2n) is 5.49. The molecule has 6 heteroatoms. The van der Waals surface area contributed by atoms with Crippen LogP contribution in [0, 0.1) is 5.92 Å². The molecule has 1 aromatic heterocycles. The largest absolute Gasteiger partial charge is 0.458 e. The van der Waals surface area contributed by atoms with Crippen LogP contribution in [-0.2, 0) is 16.1 Å². The number of hydrogen-bond acceptors (Lipinski definition) is 5. The molecule has 1 fully saturated rings. The van der Waals surface area contributed by atoms with Crippen LogP contribution in [0.15, 0.2) is 41.9 Å². The number of carbonyl (C=O) groups is 2. The number of hydrogen-bond donors (Lipinski definition) is 0. The normalized spacial score (nSPS) is 17.7. The van der Waals surface area contributed by atoms with Crippen LogP contribution >= 0.6 is 11.3 Å². The molecule has 1 amide bonds. The lowest BCUT2D eigenvalue weighted by atomic mass is 9.97. The zero-order valence-corrected chi connectivity index (χ0v) is 13.5. The third-order valence-electron chi connectivity index (χ3n) is 3.88. The number of piperidine rings is 1. The maximum absolute atomic E-state index is 12.5.